The van der Waals surface area contributed by atoms with Crippen LogP contribution in [0.5, 0.6) is 0 Å². The van der Waals surface area contributed by atoms with E-state index < -0.39 is 6.29 Å². The second-order valence-electron chi connectivity index (χ2n) is 5.70. The van der Waals surface area contributed by atoms with E-state index in [0.717, 1.165) is 11.1 Å². The smallest absolute Gasteiger partial charge is 0.157 e. The van der Waals surface area contributed by atoms with Crippen LogP contribution in [-0.2, 0) is 27.4 Å². The quantitative estimate of drug-likeness (QED) is 0.854. The summed E-state index contributed by atoms with van der Waals surface area (Å²) in [6.07, 6.45) is -0.689. The van der Waals surface area contributed by atoms with Gasteiger partial charge in [0.2, 0.25) is 0 Å². The molecule has 0 saturated carbocycles. The predicted molar refractivity (Wildman–Crippen MR) is 86.6 cm³/mol. The van der Waals surface area contributed by atoms with Crippen LogP contribution in [0.4, 0.5) is 0 Å². The first-order valence-electron chi connectivity index (χ1n) is 7.92. The molecule has 2 aromatic rings. The molecule has 0 radical (unpaired) electrons. The molecule has 0 amide bonds. The van der Waals surface area contributed by atoms with Crippen LogP contribution >= 0.6 is 0 Å². The summed E-state index contributed by atoms with van der Waals surface area (Å²) >= 11 is 0. The number of ether oxygens (including phenoxy) is 3. The number of hydrogen-bond acceptors (Lipinski definition) is 4. The Labute approximate surface area is 136 Å². The van der Waals surface area contributed by atoms with Gasteiger partial charge in [0.25, 0.3) is 0 Å². The molecule has 3 atom stereocenters. The molecule has 0 bridgehead atoms. The third-order valence-electron chi connectivity index (χ3n) is 3.88. The lowest BCUT2D eigenvalue weighted by atomic mass is 10.2. The molecule has 2 aromatic carbocycles. The maximum absolute atomic E-state index is 9.73. The lowest BCUT2D eigenvalue weighted by molar-refractivity contribution is -0.122. The standard InChI is InChI=1S/C19H22O4/c20-19-11-17(22-13-16-9-5-2-6-10-16)18(23-19)14-21-12-15-7-3-1-4-8-15/h1-10,17-20H,11-14H2/t17-,18-,19?/m0/s1. The Kier molecular flexibility index (Phi) is 5.77. The molecule has 0 spiro atoms. The second-order valence-corrected chi connectivity index (χ2v) is 5.70. The van der Waals surface area contributed by atoms with Crippen LogP contribution in [-0.4, -0.2) is 30.2 Å². The van der Waals surface area contributed by atoms with Crippen molar-refractivity contribution in [3.63, 3.8) is 0 Å². The van der Waals surface area contributed by atoms with E-state index >= 15 is 0 Å². The molecule has 4 heteroatoms. The summed E-state index contributed by atoms with van der Waals surface area (Å²) in [7, 11) is 0. The van der Waals surface area contributed by atoms with Gasteiger partial charge in [0.05, 0.1) is 25.9 Å². The van der Waals surface area contributed by atoms with Crippen LogP contribution in [0.25, 0.3) is 0 Å². The van der Waals surface area contributed by atoms with Crippen molar-refractivity contribution in [2.45, 2.75) is 38.1 Å². The minimum absolute atomic E-state index is 0.152. The van der Waals surface area contributed by atoms with Crippen LogP contribution < -0.4 is 0 Å². The SMILES string of the molecule is OC1C[C@H](OCc2ccccc2)[C@H](COCc2ccccc2)O1. The summed E-state index contributed by atoms with van der Waals surface area (Å²) in [6.45, 7) is 1.45. The van der Waals surface area contributed by atoms with Crippen LogP contribution in [0.3, 0.4) is 0 Å². The van der Waals surface area contributed by atoms with E-state index in [2.05, 4.69) is 0 Å². The molecule has 1 fully saturated rings. The van der Waals surface area contributed by atoms with Gasteiger partial charge in [-0.1, -0.05) is 60.7 Å². The van der Waals surface area contributed by atoms with E-state index in [-0.39, 0.29) is 12.2 Å². The number of rotatable bonds is 7. The minimum Gasteiger partial charge on any atom is -0.374 e. The first-order valence-corrected chi connectivity index (χ1v) is 7.92. The van der Waals surface area contributed by atoms with Gasteiger partial charge in [0.1, 0.15) is 6.10 Å². The van der Waals surface area contributed by atoms with Gasteiger partial charge >= 0.3 is 0 Å². The second kappa shape index (κ2) is 8.22. The summed E-state index contributed by atoms with van der Waals surface area (Å²) in [6, 6.07) is 20.0. The minimum atomic E-state index is -0.777. The van der Waals surface area contributed by atoms with Crippen molar-refractivity contribution in [1.29, 1.82) is 0 Å². The summed E-state index contributed by atoms with van der Waals surface area (Å²) in [5.74, 6) is 0. The van der Waals surface area contributed by atoms with Gasteiger partial charge in [-0.05, 0) is 11.1 Å². The van der Waals surface area contributed by atoms with Crippen LogP contribution in [0, 0.1) is 0 Å². The fourth-order valence-corrected chi connectivity index (χ4v) is 2.66. The van der Waals surface area contributed by atoms with E-state index in [4.69, 9.17) is 14.2 Å². The maximum atomic E-state index is 9.73. The number of hydrogen-bond donors (Lipinski definition) is 1. The van der Waals surface area contributed by atoms with E-state index in [9.17, 15) is 5.11 Å². The zero-order valence-corrected chi connectivity index (χ0v) is 13.0. The average Bonchev–Trinajstić information content (AvgIpc) is 2.95. The molecule has 0 aliphatic carbocycles. The zero-order valence-electron chi connectivity index (χ0n) is 13.0. The summed E-state index contributed by atoms with van der Waals surface area (Å²) in [4.78, 5) is 0. The van der Waals surface area contributed by atoms with Crippen molar-refractivity contribution in [3.8, 4) is 0 Å². The van der Waals surface area contributed by atoms with Crippen molar-refractivity contribution in [3.05, 3.63) is 71.8 Å². The van der Waals surface area contributed by atoms with Crippen molar-refractivity contribution in [2.24, 2.45) is 0 Å². The molecular weight excluding hydrogens is 292 g/mol. The molecule has 1 saturated heterocycles. The maximum Gasteiger partial charge on any atom is 0.157 e. The lowest BCUT2D eigenvalue weighted by Crippen LogP contribution is -2.29. The first-order chi connectivity index (χ1) is 11.3. The van der Waals surface area contributed by atoms with E-state index in [1.165, 1.54) is 0 Å². The summed E-state index contributed by atoms with van der Waals surface area (Å²) in [5.41, 5.74) is 2.23. The van der Waals surface area contributed by atoms with E-state index in [0.29, 0.717) is 26.2 Å². The van der Waals surface area contributed by atoms with Crippen LogP contribution in [0.2, 0.25) is 0 Å². The Morgan fingerprint density at radius 1 is 0.913 bits per heavy atom. The van der Waals surface area contributed by atoms with Crippen molar-refractivity contribution in [2.75, 3.05) is 6.61 Å². The fourth-order valence-electron chi connectivity index (χ4n) is 2.66. The number of aliphatic hydroxyl groups excluding tert-OH is 1. The molecule has 4 nitrogen and oxygen atoms in total. The molecular formula is C19H22O4. The lowest BCUT2D eigenvalue weighted by Gasteiger charge is -2.19. The van der Waals surface area contributed by atoms with Gasteiger partial charge in [-0.2, -0.15) is 0 Å². The Morgan fingerprint density at radius 3 is 2.17 bits per heavy atom. The highest BCUT2D eigenvalue weighted by Gasteiger charge is 2.35. The van der Waals surface area contributed by atoms with Gasteiger partial charge in [0, 0.05) is 6.42 Å². The third-order valence-corrected chi connectivity index (χ3v) is 3.88. The largest absolute Gasteiger partial charge is 0.374 e. The first kappa shape index (κ1) is 16.1. The summed E-state index contributed by atoms with van der Waals surface area (Å²) < 4.78 is 17.1. The Balaban J connectivity index is 1.47. The van der Waals surface area contributed by atoms with Crippen LogP contribution in [0.15, 0.2) is 60.7 Å². The fraction of sp³-hybridized carbons (Fsp3) is 0.368. The molecule has 1 unspecified atom stereocenters. The monoisotopic (exact) mass is 314 g/mol. The molecule has 23 heavy (non-hydrogen) atoms. The van der Waals surface area contributed by atoms with Crippen molar-refractivity contribution >= 4 is 0 Å². The van der Waals surface area contributed by atoms with Crippen molar-refractivity contribution < 1.29 is 19.3 Å². The van der Waals surface area contributed by atoms with Crippen LogP contribution in [0.1, 0.15) is 17.5 Å². The topological polar surface area (TPSA) is 47.9 Å². The van der Waals surface area contributed by atoms with Gasteiger partial charge in [-0.25, -0.2) is 0 Å². The van der Waals surface area contributed by atoms with Gasteiger partial charge in [-0.15, -0.1) is 0 Å². The molecule has 122 valence electrons. The highest BCUT2D eigenvalue weighted by atomic mass is 16.6. The molecule has 1 aliphatic heterocycles. The van der Waals surface area contributed by atoms with Gasteiger partial charge in [0.15, 0.2) is 6.29 Å². The Bertz CT molecular complexity index is 572. The Morgan fingerprint density at radius 2 is 1.52 bits per heavy atom. The number of benzene rings is 2. The highest BCUT2D eigenvalue weighted by molar-refractivity contribution is 5.14. The molecule has 0 aromatic heterocycles. The Hall–Kier alpha value is -1.72. The van der Waals surface area contributed by atoms with E-state index in [1.54, 1.807) is 0 Å². The molecule has 1 heterocycles. The van der Waals surface area contributed by atoms with Gasteiger partial charge < -0.3 is 19.3 Å². The summed E-state index contributed by atoms with van der Waals surface area (Å²) in [5, 5.41) is 9.73. The zero-order chi connectivity index (χ0) is 15.9. The molecule has 3 rings (SSSR count). The third kappa shape index (κ3) is 4.88. The normalized spacial score (nSPS) is 24.0. The van der Waals surface area contributed by atoms with Gasteiger partial charge in [-0.3, -0.25) is 0 Å². The van der Waals surface area contributed by atoms with E-state index in [1.807, 2.05) is 60.7 Å². The predicted octanol–water partition coefficient (Wildman–Crippen LogP) is 2.90. The highest BCUT2D eigenvalue weighted by Crippen LogP contribution is 2.23. The number of aliphatic hydroxyl groups is 1. The van der Waals surface area contributed by atoms with Crippen molar-refractivity contribution in [1.82, 2.24) is 0 Å². The molecule has 1 N–H and O–H groups in total. The average molecular weight is 314 g/mol. The molecule has 1 aliphatic rings.